The monoisotopic (exact) mass is 130 g/mol. The molecule has 3 heteroatoms. The molecule has 0 aromatic rings. The summed E-state index contributed by atoms with van der Waals surface area (Å²) in [4.78, 5) is 0. The molecule has 0 aromatic carbocycles. The standard InChI is InChI=1S/C6H10O3/c1-3-9-6(7)4-5-8-2/h5,7H,3H2,1-2H3. The van der Waals surface area contributed by atoms with Gasteiger partial charge in [0.15, 0.2) is 0 Å². The highest BCUT2D eigenvalue weighted by atomic mass is 16.6. The predicted octanol–water partition coefficient (Wildman–Crippen LogP) is 1.18. The Morgan fingerprint density at radius 3 is 2.89 bits per heavy atom. The molecule has 0 radical (unpaired) electrons. The lowest BCUT2D eigenvalue weighted by Crippen LogP contribution is -1.86. The Bertz CT molecular complexity index is 122. The minimum Gasteiger partial charge on any atom is -0.496 e. The lowest BCUT2D eigenvalue weighted by Gasteiger charge is -1.94. The number of aliphatic hydroxyl groups is 1. The highest BCUT2D eigenvalue weighted by Crippen LogP contribution is 1.85. The van der Waals surface area contributed by atoms with Crippen molar-refractivity contribution in [3.8, 4) is 0 Å². The number of methoxy groups -OCH3 is 1. The summed E-state index contributed by atoms with van der Waals surface area (Å²) in [5, 5.41) is 8.65. The van der Waals surface area contributed by atoms with Crippen LogP contribution in [-0.4, -0.2) is 18.8 Å². The van der Waals surface area contributed by atoms with Crippen molar-refractivity contribution >= 4 is 0 Å². The Morgan fingerprint density at radius 2 is 2.44 bits per heavy atom. The van der Waals surface area contributed by atoms with Gasteiger partial charge in [-0.2, -0.15) is 0 Å². The summed E-state index contributed by atoms with van der Waals surface area (Å²) in [6.07, 6.45) is 1.21. The first kappa shape index (κ1) is 7.92. The van der Waals surface area contributed by atoms with Gasteiger partial charge < -0.3 is 14.6 Å². The van der Waals surface area contributed by atoms with Gasteiger partial charge in [0.25, 0.3) is 0 Å². The van der Waals surface area contributed by atoms with Crippen molar-refractivity contribution in [1.82, 2.24) is 0 Å². The third-order valence-corrected chi connectivity index (χ3v) is 0.581. The molecule has 52 valence electrons. The summed E-state index contributed by atoms with van der Waals surface area (Å²) < 4.78 is 9.06. The molecule has 0 bridgehead atoms. The van der Waals surface area contributed by atoms with Crippen molar-refractivity contribution in [2.75, 3.05) is 13.7 Å². The van der Waals surface area contributed by atoms with Crippen LogP contribution >= 0.6 is 0 Å². The summed E-state index contributed by atoms with van der Waals surface area (Å²) in [7, 11) is 1.46. The van der Waals surface area contributed by atoms with Crippen LogP contribution in [0.4, 0.5) is 0 Å². The van der Waals surface area contributed by atoms with Crippen molar-refractivity contribution in [2.45, 2.75) is 6.92 Å². The molecule has 0 aliphatic rings. The SMILES string of the molecule is CCOC(O)=C=COC. The van der Waals surface area contributed by atoms with E-state index in [1.54, 1.807) is 6.92 Å². The molecule has 0 atom stereocenters. The van der Waals surface area contributed by atoms with Crippen LogP contribution < -0.4 is 0 Å². The fraction of sp³-hybridized carbons (Fsp3) is 0.500. The van der Waals surface area contributed by atoms with Gasteiger partial charge in [-0.05, 0) is 6.92 Å². The second-order valence-corrected chi connectivity index (χ2v) is 1.24. The molecular formula is C6H10O3. The highest BCUT2D eigenvalue weighted by Gasteiger charge is 1.83. The quantitative estimate of drug-likeness (QED) is 0.460. The summed E-state index contributed by atoms with van der Waals surface area (Å²) in [6, 6.07) is 0. The normalized spacial score (nSPS) is 7.33. The van der Waals surface area contributed by atoms with Crippen molar-refractivity contribution in [2.24, 2.45) is 0 Å². The average molecular weight is 130 g/mol. The van der Waals surface area contributed by atoms with E-state index in [1.807, 2.05) is 0 Å². The van der Waals surface area contributed by atoms with E-state index in [9.17, 15) is 0 Å². The first-order chi connectivity index (χ1) is 4.31. The smallest absolute Gasteiger partial charge is 0.328 e. The minimum absolute atomic E-state index is 0.251. The van der Waals surface area contributed by atoms with Crippen LogP contribution in [0.5, 0.6) is 0 Å². The summed E-state index contributed by atoms with van der Waals surface area (Å²) >= 11 is 0. The molecule has 0 rings (SSSR count). The highest BCUT2D eigenvalue weighted by molar-refractivity contribution is 4.78. The summed E-state index contributed by atoms with van der Waals surface area (Å²) in [6.45, 7) is 2.20. The second kappa shape index (κ2) is 5.06. The van der Waals surface area contributed by atoms with E-state index in [1.165, 1.54) is 13.4 Å². The molecule has 0 spiro atoms. The molecule has 0 aliphatic heterocycles. The summed E-state index contributed by atoms with van der Waals surface area (Å²) in [5.41, 5.74) is 2.34. The first-order valence-electron chi connectivity index (χ1n) is 2.61. The maximum atomic E-state index is 8.65. The molecule has 0 heterocycles. The van der Waals surface area contributed by atoms with Gasteiger partial charge in [0.05, 0.1) is 13.7 Å². The van der Waals surface area contributed by atoms with Crippen molar-refractivity contribution < 1.29 is 14.6 Å². The second-order valence-electron chi connectivity index (χ2n) is 1.24. The van der Waals surface area contributed by atoms with Crippen LogP contribution in [0.25, 0.3) is 0 Å². The number of ether oxygens (including phenoxy) is 2. The Kier molecular flexibility index (Phi) is 4.46. The van der Waals surface area contributed by atoms with Crippen LogP contribution in [0, 0.1) is 0 Å². The number of hydrogen-bond donors (Lipinski definition) is 1. The van der Waals surface area contributed by atoms with Gasteiger partial charge in [-0.3, -0.25) is 0 Å². The molecule has 0 saturated heterocycles. The maximum Gasteiger partial charge on any atom is 0.328 e. The molecular weight excluding hydrogens is 120 g/mol. The van der Waals surface area contributed by atoms with E-state index in [0.717, 1.165) is 0 Å². The first-order valence-corrected chi connectivity index (χ1v) is 2.61. The van der Waals surface area contributed by atoms with Gasteiger partial charge in [0.1, 0.15) is 6.26 Å². The van der Waals surface area contributed by atoms with E-state index in [0.29, 0.717) is 6.61 Å². The lowest BCUT2D eigenvalue weighted by molar-refractivity contribution is 0.103. The predicted molar refractivity (Wildman–Crippen MR) is 32.9 cm³/mol. The Hall–Kier alpha value is -1.08. The molecule has 0 aromatic heterocycles. The number of aliphatic hydroxyl groups excluding tert-OH is 1. The molecule has 0 unspecified atom stereocenters. The van der Waals surface area contributed by atoms with Gasteiger partial charge >= 0.3 is 5.95 Å². The zero-order valence-corrected chi connectivity index (χ0v) is 5.55. The van der Waals surface area contributed by atoms with Gasteiger partial charge in [-0.25, -0.2) is 0 Å². The van der Waals surface area contributed by atoms with Crippen LogP contribution in [0.15, 0.2) is 17.9 Å². The number of hydrogen-bond acceptors (Lipinski definition) is 3. The van der Waals surface area contributed by atoms with E-state index < -0.39 is 0 Å². The molecule has 0 fully saturated rings. The minimum atomic E-state index is -0.251. The van der Waals surface area contributed by atoms with Crippen LogP contribution in [0.3, 0.4) is 0 Å². The number of rotatable bonds is 3. The molecule has 0 aliphatic carbocycles. The topological polar surface area (TPSA) is 38.7 Å². The maximum absolute atomic E-state index is 8.65. The van der Waals surface area contributed by atoms with E-state index in [2.05, 4.69) is 15.2 Å². The molecule has 0 amide bonds. The average Bonchev–Trinajstić information content (AvgIpc) is 1.85. The Labute approximate surface area is 54.2 Å². The van der Waals surface area contributed by atoms with Crippen molar-refractivity contribution in [3.05, 3.63) is 17.9 Å². The molecule has 0 saturated carbocycles. The van der Waals surface area contributed by atoms with Crippen molar-refractivity contribution in [3.63, 3.8) is 0 Å². The van der Waals surface area contributed by atoms with Gasteiger partial charge in [-0.15, -0.1) is 0 Å². The fourth-order valence-electron chi connectivity index (χ4n) is 0.288. The van der Waals surface area contributed by atoms with Crippen LogP contribution in [0.2, 0.25) is 0 Å². The zero-order valence-electron chi connectivity index (χ0n) is 5.55. The third kappa shape index (κ3) is 4.78. The lowest BCUT2D eigenvalue weighted by atomic mass is 10.8. The van der Waals surface area contributed by atoms with E-state index >= 15 is 0 Å². The summed E-state index contributed by atoms with van der Waals surface area (Å²) in [5.74, 6) is -0.251. The van der Waals surface area contributed by atoms with E-state index in [4.69, 9.17) is 5.11 Å². The van der Waals surface area contributed by atoms with Gasteiger partial charge in [-0.1, -0.05) is 0 Å². The Morgan fingerprint density at radius 1 is 1.78 bits per heavy atom. The van der Waals surface area contributed by atoms with Crippen LogP contribution in [-0.2, 0) is 9.47 Å². The largest absolute Gasteiger partial charge is 0.496 e. The third-order valence-electron chi connectivity index (χ3n) is 0.581. The van der Waals surface area contributed by atoms with Crippen LogP contribution in [0.1, 0.15) is 6.92 Å². The molecule has 9 heavy (non-hydrogen) atoms. The molecule has 3 nitrogen and oxygen atoms in total. The van der Waals surface area contributed by atoms with Gasteiger partial charge in [0, 0.05) is 5.73 Å². The zero-order chi connectivity index (χ0) is 7.11. The fourth-order valence-corrected chi connectivity index (χ4v) is 0.288. The van der Waals surface area contributed by atoms with Crippen molar-refractivity contribution in [1.29, 1.82) is 0 Å². The molecule has 1 N–H and O–H groups in total. The Balaban J connectivity index is 3.68. The van der Waals surface area contributed by atoms with E-state index in [-0.39, 0.29) is 5.95 Å². The van der Waals surface area contributed by atoms with Gasteiger partial charge in [0.2, 0.25) is 0 Å².